The molecule has 0 aromatic rings. The van der Waals surface area contributed by atoms with Gasteiger partial charge in [-0.2, -0.15) is 8.42 Å². The van der Waals surface area contributed by atoms with Crippen molar-refractivity contribution < 1.29 is 56.2 Å². The summed E-state index contributed by atoms with van der Waals surface area (Å²) in [4.78, 5) is 13.0. The fourth-order valence-electron chi connectivity index (χ4n) is 9.62. The Morgan fingerprint density at radius 3 is 1.30 bits per heavy atom. The SMILES string of the molecule is CCCCCCC/C=C\C/C=C\C/C=C\CCCCCCCCCOCC(COC1OC(CO)C(O)C(OS(=O)(=O)O)C1O)OC(=O)CCCCCCCCCCCCCCCCCCCCCCCCCCC. The van der Waals surface area contributed by atoms with Gasteiger partial charge < -0.3 is 34.3 Å². The van der Waals surface area contributed by atoms with Gasteiger partial charge >= 0.3 is 16.4 Å². The summed E-state index contributed by atoms with van der Waals surface area (Å²) in [5, 5.41) is 30.9. The third-order valence-electron chi connectivity index (χ3n) is 14.3. The molecule has 74 heavy (non-hydrogen) atoms. The molecule has 0 radical (unpaired) electrons. The summed E-state index contributed by atoms with van der Waals surface area (Å²) in [7, 11) is -5.07. The van der Waals surface area contributed by atoms with E-state index in [0.717, 1.165) is 57.8 Å². The molecular weight excluding hydrogens is 957 g/mol. The number of allylic oxidation sites excluding steroid dienone is 6. The van der Waals surface area contributed by atoms with Crippen LogP contribution in [0.2, 0.25) is 0 Å². The number of carbonyl (C=O) groups excluding carboxylic acids is 1. The van der Waals surface area contributed by atoms with Gasteiger partial charge in [0.1, 0.15) is 30.5 Å². The van der Waals surface area contributed by atoms with E-state index in [1.807, 2.05) is 0 Å². The Hall–Kier alpha value is -1.68. The van der Waals surface area contributed by atoms with E-state index in [-0.39, 0.29) is 19.6 Å². The lowest BCUT2D eigenvalue weighted by atomic mass is 9.99. The Morgan fingerprint density at radius 1 is 0.514 bits per heavy atom. The molecular formula is C61H114O12S. The summed E-state index contributed by atoms with van der Waals surface area (Å²) in [6.45, 7) is 4.02. The average Bonchev–Trinajstić information content (AvgIpc) is 3.38. The molecule has 1 fully saturated rings. The minimum absolute atomic E-state index is 0.0324. The first-order valence-corrected chi connectivity index (χ1v) is 32.1. The van der Waals surface area contributed by atoms with Crippen molar-refractivity contribution in [2.75, 3.05) is 26.4 Å². The predicted octanol–water partition coefficient (Wildman–Crippen LogP) is 15.7. The fourth-order valence-corrected chi connectivity index (χ4v) is 10.1. The summed E-state index contributed by atoms with van der Waals surface area (Å²) < 4.78 is 59.5. The zero-order valence-corrected chi connectivity index (χ0v) is 48.2. The second-order valence-corrected chi connectivity index (χ2v) is 22.4. The molecule has 1 aliphatic heterocycles. The lowest BCUT2D eigenvalue weighted by molar-refractivity contribution is -0.301. The number of aliphatic hydroxyl groups excluding tert-OH is 3. The van der Waals surface area contributed by atoms with E-state index < -0.39 is 59.8 Å². The van der Waals surface area contributed by atoms with Crippen LogP contribution in [0.25, 0.3) is 0 Å². The van der Waals surface area contributed by atoms with Crippen molar-refractivity contribution in [3.05, 3.63) is 36.5 Å². The van der Waals surface area contributed by atoms with Crippen LogP contribution >= 0.6 is 0 Å². The number of unbranched alkanes of at least 4 members (excludes halogenated alkanes) is 36. The molecule has 1 aliphatic rings. The van der Waals surface area contributed by atoms with Gasteiger partial charge in [0.15, 0.2) is 6.29 Å². The van der Waals surface area contributed by atoms with Crippen molar-refractivity contribution in [3.63, 3.8) is 0 Å². The number of carbonyl (C=O) groups is 1. The van der Waals surface area contributed by atoms with Crippen molar-refractivity contribution in [2.24, 2.45) is 0 Å². The Morgan fingerprint density at radius 2 is 0.892 bits per heavy atom. The van der Waals surface area contributed by atoms with Crippen LogP contribution in [0.5, 0.6) is 0 Å². The standard InChI is InChI=1S/C61H114O12S/c1-3-5-7-9-11-13-15-17-19-21-23-25-27-28-29-30-32-34-36-38-40-42-44-46-48-50-57(63)71-55(54-70-61-59(65)60(73-74(66,67)68)58(64)56(52-62)72-61)53-69-51-49-47-45-43-41-39-37-35-33-31-26-24-22-20-18-16-14-12-10-8-6-4-2/h16,18,22,24,31,33,55-56,58-62,64-65H,3-15,17,19-21,23,25-30,32,34-54H2,1-2H3,(H,66,67,68)/b18-16-,24-22-,33-31-. The van der Waals surface area contributed by atoms with Crippen LogP contribution in [0, 0.1) is 0 Å². The van der Waals surface area contributed by atoms with Crippen molar-refractivity contribution in [1.82, 2.24) is 0 Å². The van der Waals surface area contributed by atoms with E-state index in [1.165, 1.54) is 199 Å². The van der Waals surface area contributed by atoms with Gasteiger partial charge in [0.2, 0.25) is 0 Å². The normalized spacial score (nSPS) is 18.9. The number of hydrogen-bond acceptors (Lipinski definition) is 11. The molecule has 0 saturated carbocycles. The molecule has 436 valence electrons. The van der Waals surface area contributed by atoms with Gasteiger partial charge in [0.25, 0.3) is 0 Å². The number of rotatable bonds is 55. The van der Waals surface area contributed by atoms with Crippen LogP contribution in [0.3, 0.4) is 0 Å². The van der Waals surface area contributed by atoms with Gasteiger partial charge in [-0.25, -0.2) is 4.18 Å². The van der Waals surface area contributed by atoms with E-state index >= 15 is 0 Å². The third-order valence-corrected chi connectivity index (χ3v) is 14.7. The predicted molar refractivity (Wildman–Crippen MR) is 304 cm³/mol. The summed E-state index contributed by atoms with van der Waals surface area (Å²) >= 11 is 0. The Bertz CT molecular complexity index is 1420. The zero-order valence-electron chi connectivity index (χ0n) is 47.4. The maximum atomic E-state index is 13.0. The molecule has 6 unspecified atom stereocenters. The van der Waals surface area contributed by atoms with Crippen molar-refractivity contribution in [1.29, 1.82) is 0 Å². The van der Waals surface area contributed by atoms with Gasteiger partial charge in [0.05, 0.1) is 19.8 Å². The minimum atomic E-state index is -5.07. The van der Waals surface area contributed by atoms with Gasteiger partial charge in [-0.15, -0.1) is 0 Å². The number of ether oxygens (including phenoxy) is 4. The molecule has 0 amide bonds. The molecule has 0 aromatic heterocycles. The van der Waals surface area contributed by atoms with Crippen LogP contribution < -0.4 is 0 Å². The molecule has 0 bridgehead atoms. The largest absolute Gasteiger partial charge is 0.457 e. The maximum absolute atomic E-state index is 13.0. The van der Waals surface area contributed by atoms with E-state index in [2.05, 4.69) is 54.5 Å². The molecule has 4 N–H and O–H groups in total. The summed E-state index contributed by atoms with van der Waals surface area (Å²) in [6, 6.07) is 0. The Kier molecular flexibility index (Phi) is 49.5. The third kappa shape index (κ3) is 44.3. The first-order valence-electron chi connectivity index (χ1n) is 30.7. The van der Waals surface area contributed by atoms with E-state index in [1.54, 1.807) is 0 Å². The van der Waals surface area contributed by atoms with Crippen LogP contribution in [-0.2, 0) is 38.3 Å². The second kappa shape index (κ2) is 52.0. The first kappa shape index (κ1) is 70.3. The monoisotopic (exact) mass is 1070 g/mol. The van der Waals surface area contributed by atoms with Gasteiger partial charge in [-0.05, 0) is 51.4 Å². The quantitative estimate of drug-likeness (QED) is 0.0196. The van der Waals surface area contributed by atoms with E-state index in [0.29, 0.717) is 13.0 Å². The molecule has 1 saturated heterocycles. The van der Waals surface area contributed by atoms with Crippen molar-refractivity contribution in [3.8, 4) is 0 Å². The lowest BCUT2D eigenvalue weighted by Crippen LogP contribution is -2.60. The fraction of sp³-hybridized carbons (Fsp3) is 0.885. The number of esters is 1. The number of hydrogen-bond donors (Lipinski definition) is 4. The molecule has 0 spiro atoms. The molecule has 13 heteroatoms. The molecule has 0 aliphatic carbocycles. The maximum Gasteiger partial charge on any atom is 0.397 e. The highest BCUT2D eigenvalue weighted by molar-refractivity contribution is 7.80. The highest BCUT2D eigenvalue weighted by Crippen LogP contribution is 2.26. The van der Waals surface area contributed by atoms with Gasteiger partial charge in [-0.3, -0.25) is 9.35 Å². The Balaban J connectivity index is 2.27. The van der Waals surface area contributed by atoms with Gasteiger partial charge in [0, 0.05) is 13.0 Å². The minimum Gasteiger partial charge on any atom is -0.457 e. The smallest absolute Gasteiger partial charge is 0.397 e. The van der Waals surface area contributed by atoms with Gasteiger partial charge in [-0.1, -0.05) is 262 Å². The van der Waals surface area contributed by atoms with Crippen molar-refractivity contribution in [2.45, 2.75) is 320 Å². The highest BCUT2D eigenvalue weighted by Gasteiger charge is 2.48. The topological polar surface area (TPSA) is 178 Å². The van der Waals surface area contributed by atoms with Crippen LogP contribution in [0.15, 0.2) is 36.5 Å². The van der Waals surface area contributed by atoms with Crippen LogP contribution in [0.4, 0.5) is 0 Å². The highest BCUT2D eigenvalue weighted by atomic mass is 32.3. The Labute approximate surface area is 454 Å². The zero-order chi connectivity index (χ0) is 53.8. The van der Waals surface area contributed by atoms with E-state index in [9.17, 15) is 33.1 Å². The molecule has 0 aromatic carbocycles. The lowest BCUT2D eigenvalue weighted by Gasteiger charge is -2.41. The second-order valence-electron chi connectivity index (χ2n) is 21.3. The molecule has 6 atom stereocenters. The molecule has 12 nitrogen and oxygen atoms in total. The average molecular weight is 1070 g/mol. The summed E-state index contributed by atoms with van der Waals surface area (Å²) in [5.41, 5.74) is 0. The van der Waals surface area contributed by atoms with Crippen LogP contribution in [-0.4, -0.2) is 97.5 Å². The molecule has 1 rings (SSSR count). The van der Waals surface area contributed by atoms with Crippen LogP contribution in [0.1, 0.15) is 284 Å². The summed E-state index contributed by atoms with van der Waals surface area (Å²) in [5.74, 6) is -0.396. The summed E-state index contributed by atoms with van der Waals surface area (Å²) in [6.07, 6.45) is 56.2. The van der Waals surface area contributed by atoms with E-state index in [4.69, 9.17) is 18.9 Å². The number of aliphatic hydroxyl groups is 3. The molecule has 1 heterocycles. The first-order chi connectivity index (χ1) is 36.1. The van der Waals surface area contributed by atoms with Crippen molar-refractivity contribution >= 4 is 16.4 Å².